The highest BCUT2D eigenvalue weighted by molar-refractivity contribution is 14.0. The maximum atomic E-state index is 5.81. The molecule has 1 atom stereocenters. The summed E-state index contributed by atoms with van der Waals surface area (Å²) in [6.45, 7) is 7.63. The zero-order valence-corrected chi connectivity index (χ0v) is 19.2. The predicted octanol–water partition coefficient (Wildman–Crippen LogP) is 3.62. The Morgan fingerprint density at radius 1 is 1.14 bits per heavy atom. The second kappa shape index (κ2) is 14.2. The number of rotatable bonds is 10. The first-order valence-corrected chi connectivity index (χ1v) is 9.34. The van der Waals surface area contributed by atoms with Gasteiger partial charge < -0.3 is 20.1 Å². The number of ether oxygens (including phenoxy) is 2. The monoisotopic (exact) mass is 498 g/mol. The number of nitrogens with one attached hydrogen (secondary N) is 2. The molecule has 2 aromatic rings. The van der Waals surface area contributed by atoms with Gasteiger partial charge in [-0.2, -0.15) is 0 Å². The zero-order valence-electron chi connectivity index (χ0n) is 16.9. The maximum absolute atomic E-state index is 5.81. The first-order chi connectivity index (χ1) is 13.2. The molecule has 6 nitrogen and oxygen atoms in total. The molecule has 0 aliphatic carbocycles. The van der Waals surface area contributed by atoms with Crippen molar-refractivity contribution in [2.24, 2.45) is 10.9 Å². The number of aliphatic imine (C=N–C) groups is 1. The topological polar surface area (TPSA) is 67.8 Å². The molecule has 28 heavy (non-hydrogen) atoms. The minimum atomic E-state index is 0. The van der Waals surface area contributed by atoms with E-state index in [-0.39, 0.29) is 24.0 Å². The van der Waals surface area contributed by atoms with E-state index in [0.29, 0.717) is 31.6 Å². The largest absolute Gasteiger partial charge is 0.481 e. The van der Waals surface area contributed by atoms with Crippen molar-refractivity contribution in [2.75, 3.05) is 26.8 Å². The summed E-state index contributed by atoms with van der Waals surface area (Å²) in [6, 6.07) is 14.1. The number of benzene rings is 1. The number of pyridine rings is 1. The van der Waals surface area contributed by atoms with Gasteiger partial charge in [0.15, 0.2) is 5.96 Å². The van der Waals surface area contributed by atoms with Crippen LogP contribution < -0.4 is 15.4 Å². The maximum Gasteiger partial charge on any atom is 0.218 e. The second-order valence-corrected chi connectivity index (χ2v) is 6.35. The molecule has 0 fully saturated rings. The van der Waals surface area contributed by atoms with E-state index in [1.54, 1.807) is 13.3 Å². The van der Waals surface area contributed by atoms with Gasteiger partial charge in [-0.25, -0.2) is 9.98 Å². The highest BCUT2D eigenvalue weighted by Gasteiger charge is 2.06. The quantitative estimate of drug-likeness (QED) is 0.298. The lowest BCUT2D eigenvalue weighted by Gasteiger charge is -2.16. The molecule has 1 unspecified atom stereocenters. The number of hydrogen-bond acceptors (Lipinski definition) is 4. The Balaban J connectivity index is 0.00000392. The molecule has 0 radical (unpaired) electrons. The van der Waals surface area contributed by atoms with Crippen molar-refractivity contribution >= 4 is 29.9 Å². The molecule has 2 rings (SSSR count). The smallest absolute Gasteiger partial charge is 0.218 e. The molecule has 1 heterocycles. The normalized spacial score (nSPS) is 12.0. The van der Waals surface area contributed by atoms with Crippen LogP contribution in [0, 0.1) is 5.92 Å². The highest BCUT2D eigenvalue weighted by Crippen LogP contribution is 2.14. The van der Waals surface area contributed by atoms with Gasteiger partial charge in [0.25, 0.3) is 0 Å². The Morgan fingerprint density at radius 3 is 2.64 bits per heavy atom. The third kappa shape index (κ3) is 8.88. The lowest BCUT2D eigenvalue weighted by atomic mass is 10.2. The van der Waals surface area contributed by atoms with Gasteiger partial charge in [0.1, 0.15) is 0 Å². The molecule has 0 spiro atoms. The van der Waals surface area contributed by atoms with Crippen LogP contribution >= 0.6 is 24.0 Å². The zero-order chi connectivity index (χ0) is 19.3. The summed E-state index contributed by atoms with van der Waals surface area (Å²) >= 11 is 0. The number of halogens is 1. The van der Waals surface area contributed by atoms with Gasteiger partial charge in [-0.05, 0) is 24.5 Å². The van der Waals surface area contributed by atoms with E-state index in [0.717, 1.165) is 24.6 Å². The van der Waals surface area contributed by atoms with Crippen LogP contribution in [0.25, 0.3) is 0 Å². The molecule has 0 saturated heterocycles. The average molecular weight is 498 g/mol. The summed E-state index contributed by atoms with van der Waals surface area (Å²) in [5.74, 6) is 1.75. The minimum Gasteiger partial charge on any atom is -0.481 e. The number of methoxy groups -OCH3 is 1. The van der Waals surface area contributed by atoms with E-state index >= 15 is 0 Å². The molecule has 0 aliphatic heterocycles. The molecule has 0 aliphatic rings. The van der Waals surface area contributed by atoms with E-state index < -0.39 is 0 Å². The van der Waals surface area contributed by atoms with E-state index in [2.05, 4.69) is 39.7 Å². The molecular formula is C21H31IN4O2. The van der Waals surface area contributed by atoms with E-state index in [1.807, 2.05) is 37.3 Å². The van der Waals surface area contributed by atoms with Gasteiger partial charge in [-0.1, -0.05) is 43.3 Å². The van der Waals surface area contributed by atoms with Crippen LogP contribution in [0.2, 0.25) is 0 Å². The first-order valence-electron chi connectivity index (χ1n) is 9.34. The Morgan fingerprint density at radius 2 is 1.93 bits per heavy atom. The van der Waals surface area contributed by atoms with Gasteiger partial charge in [-0.15, -0.1) is 24.0 Å². The van der Waals surface area contributed by atoms with Crippen molar-refractivity contribution in [3.05, 3.63) is 59.8 Å². The van der Waals surface area contributed by atoms with Crippen LogP contribution in [0.1, 0.15) is 25.0 Å². The molecule has 2 N–H and O–H groups in total. The van der Waals surface area contributed by atoms with Crippen molar-refractivity contribution in [1.29, 1.82) is 0 Å². The van der Waals surface area contributed by atoms with Gasteiger partial charge >= 0.3 is 0 Å². The van der Waals surface area contributed by atoms with Gasteiger partial charge in [0.05, 0.1) is 26.9 Å². The van der Waals surface area contributed by atoms with Crippen LogP contribution in [0.15, 0.2) is 53.7 Å². The number of guanidine groups is 1. The Bertz CT molecular complexity index is 698. The fourth-order valence-corrected chi connectivity index (χ4v) is 2.52. The van der Waals surface area contributed by atoms with Crippen LogP contribution in [-0.2, 0) is 17.9 Å². The average Bonchev–Trinajstić information content (AvgIpc) is 2.71. The number of aromatic nitrogens is 1. The van der Waals surface area contributed by atoms with E-state index in [4.69, 9.17) is 9.47 Å². The van der Waals surface area contributed by atoms with Crippen LogP contribution in [-0.4, -0.2) is 37.7 Å². The first kappa shape index (κ1) is 24.2. The minimum absolute atomic E-state index is 0. The van der Waals surface area contributed by atoms with Gasteiger partial charge in [0.2, 0.25) is 5.88 Å². The molecular weight excluding hydrogens is 467 g/mol. The third-order valence-electron chi connectivity index (χ3n) is 3.93. The molecule has 0 amide bonds. The van der Waals surface area contributed by atoms with Crippen molar-refractivity contribution in [2.45, 2.75) is 27.0 Å². The van der Waals surface area contributed by atoms with Crippen LogP contribution in [0.5, 0.6) is 5.88 Å². The van der Waals surface area contributed by atoms with Gasteiger partial charge in [-0.3, -0.25) is 0 Å². The highest BCUT2D eigenvalue weighted by atomic mass is 127. The predicted molar refractivity (Wildman–Crippen MR) is 124 cm³/mol. The molecule has 7 heteroatoms. The standard InChI is InChI=1S/C21H30N4O2.HI/c1-4-22-21(25-14-19-11-8-12-23-20(19)26-3)24-13-17(2)15-27-16-18-9-6-5-7-10-18;/h5-12,17H,4,13-16H2,1-3H3,(H2,22,24,25);1H. The molecule has 1 aromatic heterocycles. The second-order valence-electron chi connectivity index (χ2n) is 6.35. The summed E-state index contributed by atoms with van der Waals surface area (Å²) in [7, 11) is 1.62. The Kier molecular flexibility index (Phi) is 12.2. The third-order valence-corrected chi connectivity index (χ3v) is 3.93. The lowest BCUT2D eigenvalue weighted by molar-refractivity contribution is 0.0931. The van der Waals surface area contributed by atoms with Gasteiger partial charge in [0, 0.05) is 24.8 Å². The number of nitrogens with zero attached hydrogens (tertiary/aromatic N) is 2. The molecule has 0 saturated carbocycles. The van der Waals surface area contributed by atoms with Crippen molar-refractivity contribution in [1.82, 2.24) is 15.6 Å². The molecule has 1 aromatic carbocycles. The van der Waals surface area contributed by atoms with Crippen LogP contribution in [0.4, 0.5) is 0 Å². The SMILES string of the molecule is CCNC(=NCc1cccnc1OC)NCC(C)COCc1ccccc1.I. The van der Waals surface area contributed by atoms with E-state index in [9.17, 15) is 0 Å². The van der Waals surface area contributed by atoms with Crippen molar-refractivity contribution in [3.63, 3.8) is 0 Å². The van der Waals surface area contributed by atoms with Crippen molar-refractivity contribution in [3.8, 4) is 5.88 Å². The summed E-state index contributed by atoms with van der Waals surface area (Å²) in [6.07, 6.45) is 1.71. The molecule has 154 valence electrons. The van der Waals surface area contributed by atoms with E-state index in [1.165, 1.54) is 5.56 Å². The summed E-state index contributed by atoms with van der Waals surface area (Å²) in [5.41, 5.74) is 2.15. The fourth-order valence-electron chi connectivity index (χ4n) is 2.52. The Hall–Kier alpha value is -1.87. The summed E-state index contributed by atoms with van der Waals surface area (Å²) in [5, 5.41) is 6.64. The Labute approximate surface area is 185 Å². The van der Waals surface area contributed by atoms with Crippen LogP contribution in [0.3, 0.4) is 0 Å². The summed E-state index contributed by atoms with van der Waals surface area (Å²) in [4.78, 5) is 8.83. The molecule has 0 bridgehead atoms. The lowest BCUT2D eigenvalue weighted by Crippen LogP contribution is -2.40. The summed E-state index contributed by atoms with van der Waals surface area (Å²) < 4.78 is 11.1. The number of hydrogen-bond donors (Lipinski definition) is 2. The van der Waals surface area contributed by atoms with Crippen molar-refractivity contribution < 1.29 is 9.47 Å². The fraction of sp³-hybridized carbons (Fsp3) is 0.429.